The van der Waals surface area contributed by atoms with E-state index in [1.54, 1.807) is 0 Å². The number of benzene rings is 9. The van der Waals surface area contributed by atoms with Crippen molar-refractivity contribution in [2.75, 3.05) is 4.90 Å². The fourth-order valence-electron chi connectivity index (χ4n) is 8.38. The third kappa shape index (κ3) is 5.80. The Balaban J connectivity index is 1.12. The molecule has 0 saturated heterocycles. The van der Waals surface area contributed by atoms with Gasteiger partial charge in [0.15, 0.2) is 0 Å². The average Bonchev–Trinajstić information content (AvgIpc) is 3.86. The maximum absolute atomic E-state index is 6.54. The van der Waals surface area contributed by atoms with E-state index in [1.165, 1.54) is 59.1 Å². The monoisotopic (exact) mass is 745 g/mol. The predicted octanol–water partition coefficient (Wildman–Crippen LogP) is 16.1. The molecule has 3 heteroatoms. The fraction of sp³-hybridized carbons (Fsp3) is 0. The molecule has 0 fully saturated rings. The molecule has 57 heavy (non-hydrogen) atoms. The minimum Gasteiger partial charge on any atom is -0.456 e. The van der Waals surface area contributed by atoms with E-state index in [4.69, 9.17) is 4.42 Å². The molecule has 0 aliphatic rings. The topological polar surface area (TPSA) is 16.4 Å². The summed E-state index contributed by atoms with van der Waals surface area (Å²) < 4.78 is 9.09. The van der Waals surface area contributed by atoms with Crippen LogP contribution in [0.4, 0.5) is 17.1 Å². The lowest BCUT2D eigenvalue weighted by Gasteiger charge is -2.27. The van der Waals surface area contributed by atoms with Gasteiger partial charge in [0.05, 0.1) is 5.69 Å². The lowest BCUT2D eigenvalue weighted by atomic mass is 9.94. The van der Waals surface area contributed by atoms with Gasteiger partial charge in [0, 0.05) is 42.3 Å². The van der Waals surface area contributed by atoms with Crippen molar-refractivity contribution >= 4 is 70.5 Å². The minimum atomic E-state index is 0.873. The van der Waals surface area contributed by atoms with Crippen molar-refractivity contribution in [2.45, 2.75) is 0 Å². The zero-order chi connectivity index (χ0) is 37.7. The first-order valence-electron chi connectivity index (χ1n) is 19.3. The van der Waals surface area contributed by atoms with Gasteiger partial charge in [0.1, 0.15) is 11.2 Å². The molecule has 0 aliphatic heterocycles. The summed E-state index contributed by atoms with van der Waals surface area (Å²) in [4.78, 5) is 2.43. The number of fused-ring (bicyclic) bond motifs is 6. The number of hydrogen-bond donors (Lipinski definition) is 0. The number of rotatable bonds is 7. The van der Waals surface area contributed by atoms with Crippen molar-refractivity contribution in [1.29, 1.82) is 0 Å². The van der Waals surface area contributed by atoms with E-state index < -0.39 is 0 Å². The quantitative estimate of drug-likeness (QED) is 0.162. The van der Waals surface area contributed by atoms with Crippen LogP contribution in [-0.4, -0.2) is 0 Å². The summed E-state index contributed by atoms with van der Waals surface area (Å²) in [6.45, 7) is 0. The molecule has 2 aromatic heterocycles. The van der Waals surface area contributed by atoms with Crippen LogP contribution < -0.4 is 4.90 Å². The van der Waals surface area contributed by atoms with Crippen molar-refractivity contribution < 1.29 is 4.42 Å². The molecule has 9 aromatic carbocycles. The van der Waals surface area contributed by atoms with Gasteiger partial charge in [-0.25, -0.2) is 0 Å². The highest BCUT2D eigenvalue weighted by Gasteiger charge is 2.22. The Bertz CT molecular complexity index is 3220. The largest absolute Gasteiger partial charge is 0.456 e. The van der Waals surface area contributed by atoms with Gasteiger partial charge in [-0.1, -0.05) is 158 Å². The Morgan fingerprint density at radius 1 is 0.351 bits per heavy atom. The summed E-state index contributed by atoms with van der Waals surface area (Å²) in [5.74, 6) is 0. The van der Waals surface area contributed by atoms with Gasteiger partial charge in [-0.3, -0.25) is 0 Å². The molecule has 0 atom stereocenters. The number of thiophene rings is 1. The Morgan fingerprint density at radius 2 is 0.930 bits per heavy atom. The molecule has 0 spiro atoms. The fourth-order valence-corrected chi connectivity index (χ4v) is 9.64. The van der Waals surface area contributed by atoms with E-state index in [9.17, 15) is 0 Å². The summed E-state index contributed by atoms with van der Waals surface area (Å²) in [5, 5.41) is 4.70. The van der Waals surface area contributed by atoms with Gasteiger partial charge in [-0.2, -0.15) is 0 Å². The smallest absolute Gasteiger partial charge is 0.136 e. The van der Waals surface area contributed by atoms with E-state index in [1.807, 2.05) is 11.3 Å². The third-order valence-electron chi connectivity index (χ3n) is 11.1. The summed E-state index contributed by atoms with van der Waals surface area (Å²) in [6.07, 6.45) is 0. The molecule has 0 saturated carbocycles. The van der Waals surface area contributed by atoms with Gasteiger partial charge in [0.2, 0.25) is 0 Å². The SMILES string of the molecule is c1ccc(-c2ccc3c(c2)oc2ccc(N(c4ccc(-c5ccccc5-c5ccccc5)cc4)c4ccc(-c5ccccc5)c5sc6ccccc6c45)cc23)cc1. The molecule has 11 aromatic rings. The molecule has 0 N–H and O–H groups in total. The van der Waals surface area contributed by atoms with Crippen molar-refractivity contribution in [2.24, 2.45) is 0 Å². The maximum Gasteiger partial charge on any atom is 0.136 e. The van der Waals surface area contributed by atoms with Crippen molar-refractivity contribution in [3.05, 3.63) is 212 Å². The molecule has 2 nitrogen and oxygen atoms in total. The Morgan fingerprint density at radius 3 is 1.65 bits per heavy atom. The number of furan rings is 1. The minimum absolute atomic E-state index is 0.873. The molecule has 268 valence electrons. The second-order valence-corrected chi connectivity index (χ2v) is 15.5. The van der Waals surface area contributed by atoms with E-state index >= 15 is 0 Å². The predicted molar refractivity (Wildman–Crippen MR) is 243 cm³/mol. The van der Waals surface area contributed by atoms with E-state index in [-0.39, 0.29) is 0 Å². The molecule has 0 radical (unpaired) electrons. The summed E-state index contributed by atoms with van der Waals surface area (Å²) in [7, 11) is 0. The van der Waals surface area contributed by atoms with Gasteiger partial charge in [-0.15, -0.1) is 11.3 Å². The molecule has 0 amide bonds. The van der Waals surface area contributed by atoms with Gasteiger partial charge >= 0.3 is 0 Å². The highest BCUT2D eigenvalue weighted by atomic mass is 32.1. The third-order valence-corrected chi connectivity index (χ3v) is 12.3. The van der Waals surface area contributed by atoms with Gasteiger partial charge < -0.3 is 9.32 Å². The molecule has 2 heterocycles. The Labute approximate surface area is 335 Å². The highest BCUT2D eigenvalue weighted by Crippen LogP contribution is 2.49. The van der Waals surface area contributed by atoms with Crippen LogP contribution in [0.15, 0.2) is 217 Å². The second-order valence-electron chi connectivity index (χ2n) is 14.5. The molecule has 0 aliphatic carbocycles. The first kappa shape index (κ1) is 33.2. The van der Waals surface area contributed by atoms with E-state index in [0.717, 1.165) is 44.6 Å². The molecular weight excluding hydrogens is 711 g/mol. The lowest BCUT2D eigenvalue weighted by molar-refractivity contribution is 0.669. The van der Waals surface area contributed by atoms with Crippen molar-refractivity contribution in [1.82, 2.24) is 0 Å². The number of hydrogen-bond acceptors (Lipinski definition) is 3. The van der Waals surface area contributed by atoms with Crippen molar-refractivity contribution in [3.8, 4) is 44.5 Å². The van der Waals surface area contributed by atoms with Crippen LogP contribution in [0, 0.1) is 0 Å². The molecular formula is C54H35NOS. The maximum atomic E-state index is 6.54. The number of nitrogens with zero attached hydrogens (tertiary/aromatic N) is 1. The van der Waals surface area contributed by atoms with Crippen LogP contribution in [0.1, 0.15) is 0 Å². The summed E-state index contributed by atoms with van der Waals surface area (Å²) >= 11 is 1.87. The summed E-state index contributed by atoms with van der Waals surface area (Å²) in [6, 6.07) is 76.3. The average molecular weight is 746 g/mol. The van der Waals surface area contributed by atoms with Crippen LogP contribution in [0.5, 0.6) is 0 Å². The lowest BCUT2D eigenvalue weighted by Crippen LogP contribution is -2.10. The van der Waals surface area contributed by atoms with Crippen LogP contribution >= 0.6 is 11.3 Å². The van der Waals surface area contributed by atoms with Crippen LogP contribution in [-0.2, 0) is 0 Å². The molecule has 0 bridgehead atoms. The van der Waals surface area contributed by atoms with E-state index in [0.29, 0.717) is 0 Å². The first-order valence-corrected chi connectivity index (χ1v) is 20.1. The summed E-state index contributed by atoms with van der Waals surface area (Å²) in [5.41, 5.74) is 14.6. The van der Waals surface area contributed by atoms with Crippen molar-refractivity contribution in [3.63, 3.8) is 0 Å². The molecule has 11 rings (SSSR count). The van der Waals surface area contributed by atoms with Crippen LogP contribution in [0.25, 0.3) is 86.6 Å². The highest BCUT2D eigenvalue weighted by molar-refractivity contribution is 7.26. The number of anilines is 3. The Kier molecular flexibility index (Phi) is 8.04. The van der Waals surface area contributed by atoms with E-state index in [2.05, 4.69) is 217 Å². The van der Waals surface area contributed by atoms with Crippen LogP contribution in [0.3, 0.4) is 0 Å². The van der Waals surface area contributed by atoms with Crippen LogP contribution in [0.2, 0.25) is 0 Å². The Hall–Kier alpha value is -7.20. The zero-order valence-corrected chi connectivity index (χ0v) is 31.8. The van der Waals surface area contributed by atoms with Gasteiger partial charge in [0.25, 0.3) is 0 Å². The molecule has 0 unspecified atom stereocenters. The van der Waals surface area contributed by atoms with Gasteiger partial charge in [-0.05, 0) is 99.1 Å². The zero-order valence-electron chi connectivity index (χ0n) is 31.0. The standard InChI is InChI=1S/C54H35NOS/c1-4-14-36(15-5-1)40-26-30-46-48-35-42(29-33-50(48)56-51(46)34-40)55(41-27-24-39(25-28-41)44-21-11-10-20-43(44)37-16-6-2-7-17-37)49-32-31-45(38-18-8-3-9-19-38)54-53(49)47-22-12-13-23-52(47)57-54/h1-35H. The first-order chi connectivity index (χ1) is 28.3. The second kappa shape index (κ2) is 13.8. The normalized spacial score (nSPS) is 11.5.